The van der Waals surface area contributed by atoms with Crippen molar-refractivity contribution < 1.29 is 17.7 Å². The molecule has 0 aliphatic carbocycles. The fourth-order valence-electron chi connectivity index (χ4n) is 2.67. The third-order valence-corrected chi connectivity index (χ3v) is 4.17. The van der Waals surface area contributed by atoms with Crippen LogP contribution in [-0.2, 0) is 10.1 Å². The number of fused-ring (bicyclic) bond motifs is 1. The summed E-state index contributed by atoms with van der Waals surface area (Å²) in [6.45, 7) is 4.01. The van der Waals surface area contributed by atoms with Crippen LogP contribution in [0.15, 0.2) is 18.2 Å². The number of hydrogen-bond donors (Lipinski definition) is 2. The van der Waals surface area contributed by atoms with Gasteiger partial charge in [-0.1, -0.05) is 6.07 Å². The van der Waals surface area contributed by atoms with Gasteiger partial charge in [-0.25, -0.2) is 0 Å². The number of ether oxygens (including phenoxy) is 1. The monoisotopic (exact) mass is 285 g/mol. The molecule has 6 heteroatoms. The molecule has 1 aromatic rings. The molecule has 0 saturated carbocycles. The average Bonchev–Trinajstić information content (AvgIpc) is 2.24. The van der Waals surface area contributed by atoms with Crippen molar-refractivity contribution in [1.29, 1.82) is 0 Å². The fraction of sp³-hybridized carbons (Fsp3) is 0.538. The number of benzene rings is 1. The number of hydrogen-bond acceptors (Lipinski definition) is 4. The Balaban J connectivity index is 2.43. The largest absolute Gasteiger partial charge is 0.497 e. The summed E-state index contributed by atoms with van der Waals surface area (Å²) in [7, 11) is -2.40. The summed E-state index contributed by atoms with van der Waals surface area (Å²) in [5.41, 5.74) is 1.54. The first-order valence-electron chi connectivity index (χ1n) is 6.11. The summed E-state index contributed by atoms with van der Waals surface area (Å²) >= 11 is 0. The van der Waals surface area contributed by atoms with E-state index in [-0.39, 0.29) is 17.2 Å². The minimum Gasteiger partial charge on any atom is -0.497 e. The highest BCUT2D eigenvalue weighted by Crippen LogP contribution is 2.40. The summed E-state index contributed by atoms with van der Waals surface area (Å²) in [6, 6.07) is 5.51. The Morgan fingerprint density at radius 1 is 1.47 bits per heavy atom. The molecule has 2 N–H and O–H groups in total. The molecule has 0 spiro atoms. The molecule has 0 bridgehead atoms. The third-order valence-electron chi connectivity index (χ3n) is 3.34. The van der Waals surface area contributed by atoms with Crippen molar-refractivity contribution in [3.63, 3.8) is 0 Å². The molecule has 0 amide bonds. The second kappa shape index (κ2) is 4.68. The van der Waals surface area contributed by atoms with Crippen molar-refractivity contribution >= 4 is 15.8 Å². The second-order valence-electron chi connectivity index (χ2n) is 5.61. The van der Waals surface area contributed by atoms with Gasteiger partial charge in [-0.2, -0.15) is 8.42 Å². The van der Waals surface area contributed by atoms with Crippen LogP contribution in [0.2, 0.25) is 0 Å². The zero-order valence-corrected chi connectivity index (χ0v) is 12.1. The van der Waals surface area contributed by atoms with Crippen LogP contribution in [0.5, 0.6) is 5.75 Å². The Bertz CT molecular complexity index is 580. The molecule has 1 heterocycles. The minimum absolute atomic E-state index is 0.216. The Kier molecular flexibility index (Phi) is 3.49. The van der Waals surface area contributed by atoms with Crippen LogP contribution in [0, 0.1) is 0 Å². The molecule has 1 unspecified atom stereocenters. The second-order valence-corrected chi connectivity index (χ2v) is 7.11. The van der Waals surface area contributed by atoms with E-state index in [1.807, 2.05) is 26.0 Å². The molecular weight excluding hydrogens is 266 g/mol. The summed E-state index contributed by atoms with van der Waals surface area (Å²) < 4.78 is 36.6. The molecule has 0 saturated heterocycles. The normalized spacial score (nSPS) is 21.4. The van der Waals surface area contributed by atoms with Gasteiger partial charge in [-0.3, -0.25) is 4.55 Å². The molecule has 106 valence electrons. The molecule has 2 rings (SSSR count). The van der Waals surface area contributed by atoms with E-state index in [1.165, 1.54) is 0 Å². The standard InChI is InChI=1S/C13H19NO4S/c1-13(2)7-9(8-19(15,16)17)11-5-4-10(18-3)6-12(11)14-13/h4-6,9,14H,7-8H2,1-3H3,(H,15,16,17). The molecule has 0 fully saturated rings. The molecule has 19 heavy (non-hydrogen) atoms. The predicted molar refractivity (Wildman–Crippen MR) is 74.5 cm³/mol. The van der Waals surface area contributed by atoms with Gasteiger partial charge >= 0.3 is 0 Å². The quantitative estimate of drug-likeness (QED) is 0.833. The molecular formula is C13H19NO4S. The van der Waals surface area contributed by atoms with Gasteiger partial charge in [-0.15, -0.1) is 0 Å². The zero-order valence-electron chi connectivity index (χ0n) is 11.3. The van der Waals surface area contributed by atoms with Gasteiger partial charge in [0.15, 0.2) is 0 Å². The lowest BCUT2D eigenvalue weighted by Gasteiger charge is -2.38. The van der Waals surface area contributed by atoms with Crippen molar-refractivity contribution in [3.05, 3.63) is 23.8 Å². The molecule has 1 aliphatic rings. The van der Waals surface area contributed by atoms with E-state index in [1.54, 1.807) is 13.2 Å². The predicted octanol–water partition coefficient (Wildman–Crippen LogP) is 2.26. The Hall–Kier alpha value is -1.27. The van der Waals surface area contributed by atoms with E-state index in [9.17, 15) is 8.42 Å². The first-order chi connectivity index (χ1) is 8.70. The van der Waals surface area contributed by atoms with Crippen LogP contribution in [0.3, 0.4) is 0 Å². The maximum absolute atomic E-state index is 11.2. The van der Waals surface area contributed by atoms with E-state index in [2.05, 4.69) is 5.32 Å². The zero-order chi connectivity index (χ0) is 14.3. The molecule has 1 atom stereocenters. The number of rotatable bonds is 3. The van der Waals surface area contributed by atoms with E-state index < -0.39 is 10.1 Å². The smallest absolute Gasteiger partial charge is 0.265 e. The third kappa shape index (κ3) is 3.39. The summed E-state index contributed by atoms with van der Waals surface area (Å²) in [5.74, 6) is 0.249. The van der Waals surface area contributed by atoms with Crippen LogP contribution < -0.4 is 10.1 Å². The highest BCUT2D eigenvalue weighted by atomic mass is 32.2. The lowest BCUT2D eigenvalue weighted by atomic mass is 9.82. The van der Waals surface area contributed by atoms with E-state index in [0.29, 0.717) is 6.42 Å². The van der Waals surface area contributed by atoms with Gasteiger partial charge in [0.05, 0.1) is 12.9 Å². The van der Waals surface area contributed by atoms with Gasteiger partial charge in [0.2, 0.25) is 0 Å². The van der Waals surface area contributed by atoms with Gasteiger partial charge < -0.3 is 10.1 Å². The Morgan fingerprint density at radius 3 is 2.74 bits per heavy atom. The maximum Gasteiger partial charge on any atom is 0.265 e. The van der Waals surface area contributed by atoms with Gasteiger partial charge in [0.25, 0.3) is 10.1 Å². The lowest BCUT2D eigenvalue weighted by molar-refractivity contribution is 0.411. The molecule has 1 aliphatic heterocycles. The van der Waals surface area contributed by atoms with Gasteiger partial charge in [-0.05, 0) is 31.9 Å². The van der Waals surface area contributed by atoms with Crippen LogP contribution in [0.1, 0.15) is 31.7 Å². The summed E-state index contributed by atoms with van der Waals surface area (Å²) in [6.07, 6.45) is 0.645. The number of methoxy groups -OCH3 is 1. The number of nitrogens with one attached hydrogen (secondary N) is 1. The van der Waals surface area contributed by atoms with Crippen molar-refractivity contribution in [1.82, 2.24) is 0 Å². The molecule has 1 aromatic carbocycles. The van der Waals surface area contributed by atoms with Crippen LogP contribution >= 0.6 is 0 Å². The van der Waals surface area contributed by atoms with Crippen molar-refractivity contribution in [2.24, 2.45) is 0 Å². The molecule has 5 nitrogen and oxygen atoms in total. The highest BCUT2D eigenvalue weighted by Gasteiger charge is 2.34. The number of anilines is 1. The Labute approximate surface area is 113 Å². The summed E-state index contributed by atoms with van der Waals surface area (Å²) in [5, 5.41) is 3.37. The van der Waals surface area contributed by atoms with E-state index in [0.717, 1.165) is 17.0 Å². The average molecular weight is 285 g/mol. The molecule has 0 aromatic heterocycles. The van der Waals surface area contributed by atoms with Gasteiger partial charge in [0, 0.05) is 23.2 Å². The van der Waals surface area contributed by atoms with Crippen LogP contribution in [-0.4, -0.2) is 31.4 Å². The Morgan fingerprint density at radius 2 is 2.16 bits per heavy atom. The topological polar surface area (TPSA) is 75.6 Å². The SMILES string of the molecule is COc1ccc2c(c1)NC(C)(C)CC2CS(=O)(=O)O. The van der Waals surface area contributed by atoms with Gasteiger partial charge in [0.1, 0.15) is 5.75 Å². The highest BCUT2D eigenvalue weighted by molar-refractivity contribution is 7.85. The van der Waals surface area contributed by atoms with Crippen LogP contribution in [0.25, 0.3) is 0 Å². The molecule has 0 radical (unpaired) electrons. The maximum atomic E-state index is 11.2. The van der Waals surface area contributed by atoms with E-state index in [4.69, 9.17) is 9.29 Å². The van der Waals surface area contributed by atoms with Crippen molar-refractivity contribution in [2.45, 2.75) is 31.7 Å². The van der Waals surface area contributed by atoms with E-state index >= 15 is 0 Å². The van der Waals surface area contributed by atoms with Crippen LogP contribution in [0.4, 0.5) is 5.69 Å². The fourth-order valence-corrected chi connectivity index (χ4v) is 3.48. The first kappa shape index (κ1) is 14.1. The lowest BCUT2D eigenvalue weighted by Crippen LogP contribution is -2.38. The summed E-state index contributed by atoms with van der Waals surface area (Å²) in [4.78, 5) is 0. The minimum atomic E-state index is -3.99. The van der Waals surface area contributed by atoms with Crippen molar-refractivity contribution in [2.75, 3.05) is 18.2 Å². The van der Waals surface area contributed by atoms with Crippen molar-refractivity contribution in [3.8, 4) is 5.75 Å². The first-order valence-corrected chi connectivity index (χ1v) is 7.72.